The number of hydrogen-bond donors (Lipinski definition) is 1. The van der Waals surface area contributed by atoms with Gasteiger partial charge >= 0.3 is 6.03 Å². The number of likely N-dealkylation sites (tertiary alicyclic amines) is 2. The van der Waals surface area contributed by atoms with E-state index in [1.54, 1.807) is 12.4 Å². The number of carbonyl (C=O) groups excluding carboxylic acids is 2. The normalized spacial score (nSPS) is 19.4. The minimum Gasteiger partial charge on any atom is -0.338 e. The average Bonchev–Trinajstić information content (AvgIpc) is 2.67. The van der Waals surface area contributed by atoms with Crippen molar-refractivity contribution >= 4 is 11.9 Å². The third kappa shape index (κ3) is 4.96. The number of hydrogen-bond acceptors (Lipinski definition) is 4. The summed E-state index contributed by atoms with van der Waals surface area (Å²) in [5.74, 6) is 0.197. The maximum atomic E-state index is 12.4. The van der Waals surface area contributed by atoms with Gasteiger partial charge in [0.05, 0.1) is 24.1 Å². The van der Waals surface area contributed by atoms with E-state index in [9.17, 15) is 9.59 Å². The van der Waals surface area contributed by atoms with E-state index in [4.69, 9.17) is 0 Å². The molecule has 0 unspecified atom stereocenters. The molecule has 2 aliphatic rings. The molecule has 1 spiro atoms. The van der Waals surface area contributed by atoms with Crippen molar-refractivity contribution in [3.63, 3.8) is 0 Å². The summed E-state index contributed by atoms with van der Waals surface area (Å²) in [4.78, 5) is 37.2. The highest BCUT2D eigenvalue weighted by atomic mass is 16.2. The Balaban J connectivity index is 1.55. The number of unbranched alkanes of at least 4 members (excludes halogenated alkanes) is 1. The van der Waals surface area contributed by atoms with Gasteiger partial charge in [-0.3, -0.25) is 14.8 Å². The maximum absolute atomic E-state index is 12.4. The zero-order valence-electron chi connectivity index (χ0n) is 16.5. The van der Waals surface area contributed by atoms with Gasteiger partial charge in [-0.1, -0.05) is 13.3 Å². The van der Waals surface area contributed by atoms with Crippen molar-refractivity contribution in [1.29, 1.82) is 0 Å². The summed E-state index contributed by atoms with van der Waals surface area (Å²) in [5.41, 5.74) is 1.84. The Morgan fingerprint density at radius 1 is 1.22 bits per heavy atom. The van der Waals surface area contributed by atoms with Crippen LogP contribution in [0, 0.1) is 12.3 Å². The van der Waals surface area contributed by atoms with Gasteiger partial charge in [0.25, 0.3) is 0 Å². The van der Waals surface area contributed by atoms with Crippen LogP contribution >= 0.6 is 0 Å². The molecular weight excluding hydrogens is 342 g/mol. The molecule has 0 radical (unpaired) electrons. The molecule has 2 aliphatic heterocycles. The molecule has 148 valence electrons. The van der Waals surface area contributed by atoms with Gasteiger partial charge in [-0.15, -0.1) is 0 Å². The van der Waals surface area contributed by atoms with Crippen LogP contribution in [0.1, 0.15) is 56.8 Å². The first kappa shape index (κ1) is 19.6. The quantitative estimate of drug-likeness (QED) is 0.805. The molecular formula is C20H31N5O2. The predicted molar refractivity (Wildman–Crippen MR) is 103 cm³/mol. The molecule has 27 heavy (non-hydrogen) atoms. The van der Waals surface area contributed by atoms with E-state index < -0.39 is 0 Å². The van der Waals surface area contributed by atoms with Crippen molar-refractivity contribution in [2.75, 3.05) is 26.2 Å². The highest BCUT2D eigenvalue weighted by molar-refractivity contribution is 5.77. The maximum Gasteiger partial charge on any atom is 0.317 e. The molecule has 0 atom stereocenters. The van der Waals surface area contributed by atoms with Gasteiger partial charge < -0.3 is 15.1 Å². The number of rotatable bonds is 5. The number of aryl methyl sites for hydroxylation is 1. The van der Waals surface area contributed by atoms with Crippen LogP contribution in [0.15, 0.2) is 12.4 Å². The fraction of sp³-hybridized carbons (Fsp3) is 0.700. The summed E-state index contributed by atoms with van der Waals surface area (Å²) < 4.78 is 0. The van der Waals surface area contributed by atoms with E-state index in [0.29, 0.717) is 13.0 Å². The Morgan fingerprint density at radius 3 is 2.67 bits per heavy atom. The predicted octanol–water partition coefficient (Wildman–Crippen LogP) is 2.50. The van der Waals surface area contributed by atoms with Crippen LogP contribution < -0.4 is 5.32 Å². The largest absolute Gasteiger partial charge is 0.338 e. The minimum absolute atomic E-state index is 0.0528. The van der Waals surface area contributed by atoms with Crippen LogP contribution in [0.5, 0.6) is 0 Å². The monoisotopic (exact) mass is 373 g/mol. The molecule has 1 aromatic heterocycles. The second-order valence-electron chi connectivity index (χ2n) is 7.97. The summed E-state index contributed by atoms with van der Waals surface area (Å²) in [6.07, 6.45) is 9.02. The van der Waals surface area contributed by atoms with E-state index in [1.807, 2.05) is 16.7 Å². The third-order valence-corrected chi connectivity index (χ3v) is 5.85. The first-order chi connectivity index (χ1) is 13.0. The lowest BCUT2D eigenvalue weighted by atomic mass is 9.72. The number of carbonyl (C=O) groups is 2. The molecule has 2 fully saturated rings. The van der Waals surface area contributed by atoms with Crippen molar-refractivity contribution in [2.45, 2.75) is 58.9 Å². The fourth-order valence-electron chi connectivity index (χ4n) is 4.02. The summed E-state index contributed by atoms with van der Waals surface area (Å²) in [6, 6.07) is 0.0528. The van der Waals surface area contributed by atoms with E-state index in [0.717, 1.165) is 69.7 Å². The van der Waals surface area contributed by atoms with Crippen LogP contribution in [-0.2, 0) is 11.3 Å². The molecule has 0 bridgehead atoms. The van der Waals surface area contributed by atoms with Gasteiger partial charge in [0.2, 0.25) is 5.91 Å². The molecule has 1 aromatic rings. The number of urea groups is 1. The van der Waals surface area contributed by atoms with E-state index in [1.165, 1.54) is 0 Å². The molecule has 3 heterocycles. The smallest absolute Gasteiger partial charge is 0.317 e. The van der Waals surface area contributed by atoms with Gasteiger partial charge in [-0.25, -0.2) is 4.79 Å². The summed E-state index contributed by atoms with van der Waals surface area (Å²) >= 11 is 0. The van der Waals surface area contributed by atoms with Crippen LogP contribution in [0.25, 0.3) is 0 Å². The number of piperidine rings is 2. The second-order valence-corrected chi connectivity index (χ2v) is 7.97. The lowest BCUT2D eigenvalue weighted by Crippen LogP contribution is -2.53. The van der Waals surface area contributed by atoms with Gasteiger partial charge in [0.15, 0.2) is 0 Å². The number of amides is 3. The SMILES string of the molecule is CCCCNC(=O)N1CCC2(CCC(=O)N(Cc3cnc(C)cn3)C2)CC1. The molecule has 7 nitrogen and oxygen atoms in total. The first-order valence-electron chi connectivity index (χ1n) is 10.1. The molecule has 3 amide bonds. The Bertz CT molecular complexity index is 653. The molecule has 1 N–H and O–H groups in total. The Morgan fingerprint density at radius 2 is 2.00 bits per heavy atom. The van der Waals surface area contributed by atoms with E-state index >= 15 is 0 Å². The highest BCUT2D eigenvalue weighted by Gasteiger charge is 2.41. The Kier molecular flexibility index (Phi) is 6.29. The summed E-state index contributed by atoms with van der Waals surface area (Å²) in [5, 5.41) is 3.00. The van der Waals surface area contributed by atoms with Crippen LogP contribution in [0.2, 0.25) is 0 Å². The van der Waals surface area contributed by atoms with Crippen molar-refractivity contribution < 1.29 is 9.59 Å². The van der Waals surface area contributed by atoms with E-state index in [-0.39, 0.29) is 17.4 Å². The molecule has 0 aliphatic carbocycles. The number of nitrogens with zero attached hydrogens (tertiary/aromatic N) is 4. The standard InChI is InChI=1S/C20H31N5O2/c1-3-4-9-21-19(27)24-10-7-20(8-11-24)6-5-18(26)25(15-20)14-17-13-22-16(2)12-23-17/h12-13H,3-11,14-15H2,1-2H3,(H,21,27). The average molecular weight is 374 g/mol. The summed E-state index contributed by atoms with van der Waals surface area (Å²) in [6.45, 7) is 7.59. The molecule has 3 rings (SSSR count). The van der Waals surface area contributed by atoms with Crippen LogP contribution in [0.3, 0.4) is 0 Å². The van der Waals surface area contributed by atoms with Gasteiger partial charge in [-0.2, -0.15) is 0 Å². The van der Waals surface area contributed by atoms with Gasteiger partial charge in [0.1, 0.15) is 0 Å². The van der Waals surface area contributed by atoms with Gasteiger partial charge in [-0.05, 0) is 38.0 Å². The summed E-state index contributed by atoms with van der Waals surface area (Å²) in [7, 11) is 0. The van der Waals surface area contributed by atoms with E-state index in [2.05, 4.69) is 22.2 Å². The molecule has 0 aromatic carbocycles. The number of aromatic nitrogens is 2. The number of nitrogens with one attached hydrogen (secondary N) is 1. The van der Waals surface area contributed by atoms with Crippen LogP contribution in [0.4, 0.5) is 4.79 Å². The highest BCUT2D eigenvalue weighted by Crippen LogP contribution is 2.40. The molecule has 2 saturated heterocycles. The van der Waals surface area contributed by atoms with Gasteiger partial charge in [0, 0.05) is 38.8 Å². The molecule has 0 saturated carbocycles. The minimum atomic E-state index is 0.0528. The first-order valence-corrected chi connectivity index (χ1v) is 10.1. The lowest BCUT2D eigenvalue weighted by molar-refractivity contribution is -0.139. The second kappa shape index (κ2) is 8.67. The zero-order chi connectivity index (χ0) is 19.3. The van der Waals surface area contributed by atoms with Crippen molar-refractivity contribution in [2.24, 2.45) is 5.41 Å². The Hall–Kier alpha value is -2.18. The fourth-order valence-corrected chi connectivity index (χ4v) is 4.02. The third-order valence-electron chi connectivity index (χ3n) is 5.85. The lowest BCUT2D eigenvalue weighted by Gasteiger charge is -2.47. The van der Waals surface area contributed by atoms with Crippen LogP contribution in [-0.4, -0.2) is 57.9 Å². The topological polar surface area (TPSA) is 78.4 Å². The van der Waals surface area contributed by atoms with Crippen molar-refractivity contribution in [3.8, 4) is 0 Å². The van der Waals surface area contributed by atoms with Crippen molar-refractivity contribution in [1.82, 2.24) is 25.1 Å². The Labute approximate surface area is 161 Å². The van der Waals surface area contributed by atoms with Crippen molar-refractivity contribution in [3.05, 3.63) is 23.8 Å². The zero-order valence-corrected chi connectivity index (χ0v) is 16.5. The molecule has 7 heteroatoms.